The smallest absolute Gasteiger partial charge is 0.387 e. The number of carbonyl (C=O) groups is 1. The molecule has 9 heteroatoms. The zero-order chi connectivity index (χ0) is 21.4. The molecule has 7 nitrogen and oxygen atoms in total. The molecule has 29 heavy (non-hydrogen) atoms. The van der Waals surface area contributed by atoms with Crippen molar-refractivity contribution in [3.8, 4) is 23.0 Å². The van der Waals surface area contributed by atoms with Crippen molar-refractivity contribution in [3.63, 3.8) is 0 Å². The molecule has 2 rings (SSSR count). The summed E-state index contributed by atoms with van der Waals surface area (Å²) in [5, 5.41) is 3.83. The largest absolute Gasteiger partial charge is 0.493 e. The predicted molar refractivity (Wildman–Crippen MR) is 103 cm³/mol. The van der Waals surface area contributed by atoms with E-state index < -0.39 is 12.5 Å². The van der Waals surface area contributed by atoms with E-state index in [-0.39, 0.29) is 23.9 Å². The zero-order valence-corrected chi connectivity index (χ0v) is 16.5. The Morgan fingerprint density at radius 3 is 2.17 bits per heavy atom. The SMILES string of the molecule is COc1cc(/C=N\NC(=O)COc2cc(C)cc(C)c2)cc(OC)c1OC(F)F. The first-order valence-corrected chi connectivity index (χ1v) is 8.56. The van der Waals surface area contributed by atoms with Crippen LogP contribution in [0.1, 0.15) is 16.7 Å². The van der Waals surface area contributed by atoms with Crippen LogP contribution in [0.4, 0.5) is 8.78 Å². The van der Waals surface area contributed by atoms with Gasteiger partial charge in [-0.1, -0.05) is 6.07 Å². The van der Waals surface area contributed by atoms with E-state index in [0.717, 1.165) is 11.1 Å². The molecular weight excluding hydrogens is 386 g/mol. The highest BCUT2D eigenvalue weighted by atomic mass is 19.3. The molecule has 1 amide bonds. The van der Waals surface area contributed by atoms with Crippen molar-refractivity contribution in [3.05, 3.63) is 47.0 Å². The van der Waals surface area contributed by atoms with Crippen molar-refractivity contribution >= 4 is 12.1 Å². The summed E-state index contributed by atoms with van der Waals surface area (Å²) >= 11 is 0. The molecule has 0 bridgehead atoms. The lowest BCUT2D eigenvalue weighted by Crippen LogP contribution is -2.24. The summed E-state index contributed by atoms with van der Waals surface area (Å²) in [6.07, 6.45) is 1.31. The van der Waals surface area contributed by atoms with Crippen molar-refractivity contribution < 1.29 is 32.5 Å². The van der Waals surface area contributed by atoms with E-state index in [1.165, 1.54) is 32.6 Å². The van der Waals surface area contributed by atoms with Gasteiger partial charge in [-0.15, -0.1) is 0 Å². The molecule has 0 saturated carbocycles. The van der Waals surface area contributed by atoms with E-state index in [4.69, 9.17) is 14.2 Å². The van der Waals surface area contributed by atoms with Gasteiger partial charge in [0.15, 0.2) is 18.1 Å². The molecule has 0 aliphatic rings. The second-order valence-corrected chi connectivity index (χ2v) is 6.04. The third-order valence-corrected chi connectivity index (χ3v) is 3.66. The molecule has 0 heterocycles. The van der Waals surface area contributed by atoms with Crippen LogP contribution in [-0.4, -0.2) is 39.6 Å². The van der Waals surface area contributed by atoms with Gasteiger partial charge in [-0.05, 0) is 49.2 Å². The monoisotopic (exact) mass is 408 g/mol. The van der Waals surface area contributed by atoms with E-state index in [0.29, 0.717) is 11.3 Å². The van der Waals surface area contributed by atoms with E-state index in [1.807, 2.05) is 32.0 Å². The summed E-state index contributed by atoms with van der Waals surface area (Å²) in [7, 11) is 2.61. The maximum atomic E-state index is 12.6. The quantitative estimate of drug-likeness (QED) is 0.508. The van der Waals surface area contributed by atoms with E-state index in [9.17, 15) is 13.6 Å². The van der Waals surface area contributed by atoms with Crippen molar-refractivity contribution in [2.24, 2.45) is 5.10 Å². The average Bonchev–Trinajstić information content (AvgIpc) is 2.66. The lowest BCUT2D eigenvalue weighted by molar-refractivity contribution is -0.123. The summed E-state index contributed by atoms with van der Waals surface area (Å²) in [5.74, 6) is -0.0260. The van der Waals surface area contributed by atoms with Gasteiger partial charge in [0.1, 0.15) is 5.75 Å². The van der Waals surface area contributed by atoms with E-state index >= 15 is 0 Å². The van der Waals surface area contributed by atoms with Gasteiger partial charge >= 0.3 is 6.61 Å². The van der Waals surface area contributed by atoms with Crippen molar-refractivity contribution in [2.45, 2.75) is 20.5 Å². The minimum atomic E-state index is -3.03. The minimum Gasteiger partial charge on any atom is -0.493 e. The highest BCUT2D eigenvalue weighted by Gasteiger charge is 2.17. The number of rotatable bonds is 9. The standard InChI is InChI=1S/C20H22F2N2O5/c1-12-5-13(2)7-15(6-12)28-11-18(25)24-23-10-14-8-16(26-3)19(29-20(21)22)17(9-14)27-4/h5-10,20H,11H2,1-4H3,(H,24,25)/b23-10-. The van der Waals surface area contributed by atoms with Crippen LogP contribution in [0.25, 0.3) is 0 Å². The fourth-order valence-electron chi connectivity index (χ4n) is 2.56. The van der Waals surface area contributed by atoms with Crippen molar-refractivity contribution in [1.29, 1.82) is 0 Å². The van der Waals surface area contributed by atoms with Gasteiger partial charge in [-0.3, -0.25) is 4.79 Å². The number of amides is 1. The number of hydrogen-bond acceptors (Lipinski definition) is 6. The molecule has 0 unspecified atom stereocenters. The van der Waals surface area contributed by atoms with Gasteiger partial charge in [-0.2, -0.15) is 13.9 Å². The molecule has 2 aromatic rings. The Kier molecular flexibility index (Phi) is 7.76. The minimum absolute atomic E-state index is 0.0376. The fourth-order valence-corrected chi connectivity index (χ4v) is 2.56. The van der Waals surface area contributed by atoms with Crippen LogP contribution in [-0.2, 0) is 4.79 Å². The zero-order valence-electron chi connectivity index (χ0n) is 16.5. The van der Waals surface area contributed by atoms with Crippen LogP contribution in [0.15, 0.2) is 35.4 Å². The average molecular weight is 408 g/mol. The molecule has 0 fully saturated rings. The predicted octanol–water partition coefficient (Wildman–Crippen LogP) is 3.45. The normalized spacial score (nSPS) is 10.9. The lowest BCUT2D eigenvalue weighted by atomic mass is 10.1. The Hall–Kier alpha value is -3.36. The highest BCUT2D eigenvalue weighted by molar-refractivity contribution is 5.84. The second kappa shape index (κ2) is 10.3. The first-order valence-electron chi connectivity index (χ1n) is 8.56. The van der Waals surface area contributed by atoms with Crippen LogP contribution in [0.5, 0.6) is 23.0 Å². The van der Waals surface area contributed by atoms with E-state index in [1.54, 1.807) is 0 Å². The number of hydrazone groups is 1. The third kappa shape index (κ3) is 6.63. The summed E-state index contributed by atoms with van der Waals surface area (Å²) in [4.78, 5) is 11.9. The molecule has 0 aliphatic heterocycles. The molecule has 0 atom stereocenters. The van der Waals surface area contributed by atoms with Crippen LogP contribution in [0.2, 0.25) is 0 Å². The fraction of sp³-hybridized carbons (Fsp3) is 0.300. The number of benzene rings is 2. The molecule has 0 aromatic heterocycles. The van der Waals surface area contributed by atoms with E-state index in [2.05, 4.69) is 15.3 Å². The Balaban J connectivity index is 2.00. The maximum absolute atomic E-state index is 12.6. The number of hydrogen-bond donors (Lipinski definition) is 1. The molecule has 0 spiro atoms. The number of carbonyl (C=O) groups excluding carboxylic acids is 1. The number of nitrogens with one attached hydrogen (secondary N) is 1. The Morgan fingerprint density at radius 2 is 1.66 bits per heavy atom. The van der Waals surface area contributed by atoms with Crippen LogP contribution < -0.4 is 24.4 Å². The number of alkyl halides is 2. The summed E-state index contributed by atoms with van der Waals surface area (Å²) in [5.41, 5.74) is 4.82. The summed E-state index contributed by atoms with van der Waals surface area (Å²) < 4.78 is 45.1. The molecule has 156 valence electrons. The van der Waals surface area contributed by atoms with Crippen molar-refractivity contribution in [1.82, 2.24) is 5.43 Å². The first-order chi connectivity index (χ1) is 13.8. The lowest BCUT2D eigenvalue weighted by Gasteiger charge is -2.14. The molecule has 0 radical (unpaired) electrons. The first kappa shape index (κ1) is 21.9. The molecule has 1 N–H and O–H groups in total. The number of methoxy groups -OCH3 is 2. The number of halogens is 2. The third-order valence-electron chi connectivity index (χ3n) is 3.66. The highest BCUT2D eigenvalue weighted by Crippen LogP contribution is 2.39. The van der Waals surface area contributed by atoms with Crippen LogP contribution in [0.3, 0.4) is 0 Å². The second-order valence-electron chi connectivity index (χ2n) is 6.04. The van der Waals surface area contributed by atoms with Crippen molar-refractivity contribution in [2.75, 3.05) is 20.8 Å². The summed E-state index contributed by atoms with van der Waals surface area (Å²) in [6, 6.07) is 8.48. The van der Waals surface area contributed by atoms with Crippen LogP contribution >= 0.6 is 0 Å². The molecule has 2 aromatic carbocycles. The van der Waals surface area contributed by atoms with Gasteiger partial charge in [0, 0.05) is 5.56 Å². The number of nitrogens with zero attached hydrogens (tertiary/aromatic N) is 1. The Bertz CT molecular complexity index is 842. The number of aryl methyl sites for hydroxylation is 2. The molecular formula is C20H22F2N2O5. The molecule has 0 saturated heterocycles. The summed E-state index contributed by atoms with van der Waals surface area (Å²) in [6.45, 7) is 0.622. The van der Waals surface area contributed by atoms with Gasteiger partial charge in [-0.25, -0.2) is 5.43 Å². The van der Waals surface area contributed by atoms with Crippen LogP contribution in [0, 0.1) is 13.8 Å². The van der Waals surface area contributed by atoms with Gasteiger partial charge < -0.3 is 18.9 Å². The Labute approximate surface area is 167 Å². The van der Waals surface area contributed by atoms with Gasteiger partial charge in [0.25, 0.3) is 5.91 Å². The maximum Gasteiger partial charge on any atom is 0.387 e. The molecule has 0 aliphatic carbocycles. The topological polar surface area (TPSA) is 78.4 Å². The number of ether oxygens (including phenoxy) is 4. The van der Waals surface area contributed by atoms with Gasteiger partial charge in [0.2, 0.25) is 5.75 Å². The Morgan fingerprint density at radius 1 is 1.07 bits per heavy atom. The van der Waals surface area contributed by atoms with Gasteiger partial charge in [0.05, 0.1) is 20.4 Å².